The van der Waals surface area contributed by atoms with E-state index in [1.165, 1.54) is 34.6 Å². The fraction of sp³-hybridized carbons (Fsp3) is 0.167. The van der Waals surface area contributed by atoms with Crippen molar-refractivity contribution in [2.24, 2.45) is 5.73 Å². The average Bonchev–Trinajstić information content (AvgIpc) is 3.32. The first-order chi connectivity index (χ1) is 13.0. The maximum absolute atomic E-state index is 13.0. The number of benzene rings is 1. The van der Waals surface area contributed by atoms with Crippen molar-refractivity contribution in [2.45, 2.75) is 13.0 Å². The highest BCUT2D eigenvalue weighted by atomic mass is 32.1. The zero-order valence-electron chi connectivity index (χ0n) is 14.2. The van der Waals surface area contributed by atoms with Crippen molar-refractivity contribution in [3.8, 4) is 0 Å². The molecule has 27 heavy (non-hydrogen) atoms. The third-order valence-electron chi connectivity index (χ3n) is 3.66. The molecule has 1 aromatic carbocycles. The second-order valence-electron chi connectivity index (χ2n) is 5.69. The molecule has 0 fully saturated rings. The van der Waals surface area contributed by atoms with Crippen molar-refractivity contribution in [3.05, 3.63) is 65.3 Å². The summed E-state index contributed by atoms with van der Waals surface area (Å²) < 4.78 is 18.3. The van der Waals surface area contributed by atoms with Crippen LogP contribution in [0.5, 0.6) is 0 Å². The van der Waals surface area contributed by atoms with Crippen molar-refractivity contribution in [1.82, 2.24) is 9.88 Å². The van der Waals surface area contributed by atoms with Gasteiger partial charge in [0.05, 0.1) is 12.8 Å². The van der Waals surface area contributed by atoms with Gasteiger partial charge < -0.3 is 20.4 Å². The highest BCUT2D eigenvalue weighted by Gasteiger charge is 2.20. The number of carbonyl (C=O) groups excluding carboxylic acids is 2. The lowest BCUT2D eigenvalue weighted by Crippen LogP contribution is -2.33. The Morgan fingerprint density at radius 2 is 2.04 bits per heavy atom. The fourth-order valence-corrected chi connectivity index (χ4v) is 3.04. The first-order valence-corrected chi connectivity index (χ1v) is 8.97. The van der Waals surface area contributed by atoms with E-state index in [0.717, 1.165) is 0 Å². The summed E-state index contributed by atoms with van der Waals surface area (Å²) in [5.41, 5.74) is 6.10. The van der Waals surface area contributed by atoms with Gasteiger partial charge in [-0.05, 0) is 36.4 Å². The largest absolute Gasteiger partial charge is 0.467 e. The number of thiazole rings is 1. The molecule has 0 spiro atoms. The van der Waals surface area contributed by atoms with Crippen LogP contribution in [-0.2, 0) is 11.3 Å². The van der Waals surface area contributed by atoms with Gasteiger partial charge in [-0.3, -0.25) is 9.59 Å². The number of nitrogens with zero attached hydrogens (tertiary/aromatic N) is 2. The number of primary amides is 1. The molecule has 0 aliphatic rings. The van der Waals surface area contributed by atoms with E-state index in [4.69, 9.17) is 10.2 Å². The molecule has 0 atom stereocenters. The lowest BCUT2D eigenvalue weighted by atomic mass is 10.3. The molecular formula is C18H17FN4O3S. The number of anilines is 2. The smallest absolute Gasteiger partial charge is 0.273 e. The van der Waals surface area contributed by atoms with Gasteiger partial charge in [-0.15, -0.1) is 11.3 Å². The maximum atomic E-state index is 13.0. The summed E-state index contributed by atoms with van der Waals surface area (Å²) in [6.45, 7) is 0.366. The van der Waals surface area contributed by atoms with E-state index in [-0.39, 0.29) is 36.9 Å². The molecule has 3 N–H and O–H groups in total. The third-order valence-corrected chi connectivity index (χ3v) is 4.42. The average molecular weight is 388 g/mol. The first-order valence-electron chi connectivity index (χ1n) is 8.09. The van der Waals surface area contributed by atoms with Crippen molar-refractivity contribution in [3.63, 3.8) is 0 Å². The Labute approximate surface area is 158 Å². The van der Waals surface area contributed by atoms with Gasteiger partial charge in [-0.2, -0.15) is 0 Å². The molecule has 0 saturated carbocycles. The summed E-state index contributed by atoms with van der Waals surface area (Å²) in [6, 6.07) is 9.28. The standard InChI is InChI=1S/C18H17FN4O3S/c19-12-3-5-13(6-4-12)21-18-22-15(11-27-18)17(25)23(8-7-16(20)24)10-14-2-1-9-26-14/h1-6,9,11H,7-8,10H2,(H2,20,24)(H,21,22). The number of nitrogens with two attached hydrogens (primary N) is 1. The van der Waals surface area contributed by atoms with E-state index in [2.05, 4.69) is 10.3 Å². The van der Waals surface area contributed by atoms with E-state index < -0.39 is 5.91 Å². The number of nitrogens with one attached hydrogen (secondary N) is 1. The number of rotatable bonds is 8. The van der Waals surface area contributed by atoms with Gasteiger partial charge in [0.2, 0.25) is 5.91 Å². The van der Waals surface area contributed by atoms with E-state index in [9.17, 15) is 14.0 Å². The molecule has 2 aromatic heterocycles. The Hall–Kier alpha value is -3.20. The Balaban J connectivity index is 1.71. The number of amides is 2. The summed E-state index contributed by atoms with van der Waals surface area (Å²) in [4.78, 5) is 29.6. The van der Waals surface area contributed by atoms with Gasteiger partial charge >= 0.3 is 0 Å². The van der Waals surface area contributed by atoms with Crippen LogP contribution in [0.3, 0.4) is 0 Å². The van der Waals surface area contributed by atoms with Crippen LogP contribution >= 0.6 is 11.3 Å². The highest BCUT2D eigenvalue weighted by molar-refractivity contribution is 7.14. The number of hydrogen-bond acceptors (Lipinski definition) is 6. The molecule has 0 saturated heterocycles. The van der Waals surface area contributed by atoms with Gasteiger partial charge in [0, 0.05) is 24.0 Å². The highest BCUT2D eigenvalue weighted by Crippen LogP contribution is 2.22. The maximum Gasteiger partial charge on any atom is 0.273 e. The Morgan fingerprint density at radius 1 is 1.26 bits per heavy atom. The lowest BCUT2D eigenvalue weighted by Gasteiger charge is -2.20. The predicted octanol–water partition coefficient (Wildman–Crippen LogP) is 3.14. The summed E-state index contributed by atoms with van der Waals surface area (Å²) in [7, 11) is 0. The van der Waals surface area contributed by atoms with Crippen LogP contribution < -0.4 is 11.1 Å². The van der Waals surface area contributed by atoms with Crippen molar-refractivity contribution in [1.29, 1.82) is 0 Å². The summed E-state index contributed by atoms with van der Waals surface area (Å²) in [6.07, 6.45) is 1.55. The van der Waals surface area contributed by atoms with Gasteiger partial charge in [-0.1, -0.05) is 0 Å². The van der Waals surface area contributed by atoms with Crippen LogP contribution in [0.15, 0.2) is 52.5 Å². The minimum Gasteiger partial charge on any atom is -0.467 e. The third kappa shape index (κ3) is 5.14. The van der Waals surface area contributed by atoms with Crippen LogP contribution in [0.2, 0.25) is 0 Å². The topological polar surface area (TPSA) is 101 Å². The summed E-state index contributed by atoms with van der Waals surface area (Å²) in [5, 5.41) is 5.14. The van der Waals surface area contributed by atoms with Crippen molar-refractivity contribution in [2.75, 3.05) is 11.9 Å². The summed E-state index contributed by atoms with van der Waals surface area (Å²) in [5.74, 6) is -0.577. The number of furan rings is 1. The minimum atomic E-state index is -0.496. The Bertz CT molecular complexity index is 909. The van der Waals surface area contributed by atoms with E-state index in [1.807, 2.05) is 0 Å². The van der Waals surface area contributed by atoms with Gasteiger partial charge in [0.25, 0.3) is 5.91 Å². The molecule has 3 aromatic rings. The molecule has 0 radical (unpaired) electrons. The van der Waals surface area contributed by atoms with Crippen molar-refractivity contribution >= 4 is 34.0 Å². The SMILES string of the molecule is NC(=O)CCN(Cc1ccco1)C(=O)c1csc(Nc2ccc(F)cc2)n1. The molecule has 2 heterocycles. The predicted molar refractivity (Wildman–Crippen MR) is 99.1 cm³/mol. The first kappa shape index (κ1) is 18.6. The lowest BCUT2D eigenvalue weighted by molar-refractivity contribution is -0.118. The molecule has 9 heteroatoms. The number of aromatic nitrogens is 1. The number of hydrogen-bond donors (Lipinski definition) is 2. The van der Waals surface area contributed by atoms with E-state index in [0.29, 0.717) is 16.6 Å². The van der Waals surface area contributed by atoms with Crippen LogP contribution in [0.1, 0.15) is 22.7 Å². The molecule has 0 aliphatic carbocycles. The molecule has 3 rings (SSSR count). The molecule has 0 unspecified atom stereocenters. The number of halogens is 1. The monoisotopic (exact) mass is 388 g/mol. The molecule has 140 valence electrons. The normalized spacial score (nSPS) is 10.6. The zero-order chi connectivity index (χ0) is 19.2. The van der Waals surface area contributed by atoms with E-state index in [1.54, 1.807) is 29.6 Å². The minimum absolute atomic E-state index is 0.0390. The van der Waals surface area contributed by atoms with Gasteiger partial charge in [-0.25, -0.2) is 9.37 Å². The van der Waals surface area contributed by atoms with Crippen LogP contribution in [-0.4, -0.2) is 28.2 Å². The zero-order valence-corrected chi connectivity index (χ0v) is 15.0. The van der Waals surface area contributed by atoms with Gasteiger partial charge in [0.15, 0.2) is 5.13 Å². The molecule has 0 aliphatic heterocycles. The van der Waals surface area contributed by atoms with Crippen molar-refractivity contribution < 1.29 is 18.4 Å². The molecular weight excluding hydrogens is 371 g/mol. The second-order valence-corrected chi connectivity index (χ2v) is 6.55. The van der Waals surface area contributed by atoms with Gasteiger partial charge in [0.1, 0.15) is 17.3 Å². The second kappa shape index (κ2) is 8.45. The Morgan fingerprint density at radius 3 is 2.70 bits per heavy atom. The molecule has 7 nitrogen and oxygen atoms in total. The quantitative estimate of drug-likeness (QED) is 0.617. The van der Waals surface area contributed by atoms with Crippen LogP contribution in [0.4, 0.5) is 15.2 Å². The van der Waals surface area contributed by atoms with Crippen LogP contribution in [0, 0.1) is 5.82 Å². The van der Waals surface area contributed by atoms with Crippen LogP contribution in [0.25, 0.3) is 0 Å². The molecule has 0 bridgehead atoms. The molecule has 2 amide bonds. The number of carbonyl (C=O) groups is 2. The Kier molecular flexibility index (Phi) is 5.82. The summed E-state index contributed by atoms with van der Waals surface area (Å²) >= 11 is 1.25. The fourth-order valence-electron chi connectivity index (χ4n) is 2.34. The van der Waals surface area contributed by atoms with E-state index >= 15 is 0 Å².